The minimum atomic E-state index is -1.13. The molecule has 0 radical (unpaired) electrons. The molecule has 2 heterocycles. The van der Waals surface area contributed by atoms with Gasteiger partial charge in [-0.2, -0.15) is 0 Å². The third kappa shape index (κ3) is 3.50. The zero-order valence-electron chi connectivity index (χ0n) is 16.6. The largest absolute Gasteiger partial charge is 0.396 e. The summed E-state index contributed by atoms with van der Waals surface area (Å²) in [6.07, 6.45) is 1.62. The number of aryl methyl sites for hydroxylation is 1. The van der Waals surface area contributed by atoms with Gasteiger partial charge in [0.25, 0.3) is 11.8 Å². The number of imide groups is 1. The quantitative estimate of drug-likeness (QED) is 0.784. The van der Waals surface area contributed by atoms with E-state index < -0.39 is 23.4 Å². The first kappa shape index (κ1) is 20.2. The highest BCUT2D eigenvalue weighted by atomic mass is 19.2. The van der Waals surface area contributed by atoms with Crippen molar-refractivity contribution in [2.75, 3.05) is 24.6 Å². The van der Waals surface area contributed by atoms with E-state index in [1.165, 1.54) is 6.07 Å². The van der Waals surface area contributed by atoms with Crippen molar-refractivity contribution in [2.45, 2.75) is 19.8 Å². The number of aliphatic hydroxyl groups excluding tert-OH is 1. The monoisotopic (exact) mass is 412 g/mol. The number of rotatable bonds is 4. The molecule has 156 valence electrons. The SMILES string of the molecule is Cc1ccc(C2=C(N3CCCC(CO)C3)C(=O)N(c3ccc(F)c(F)c3)C2=O)cc1. The van der Waals surface area contributed by atoms with Crippen molar-refractivity contribution < 1.29 is 23.5 Å². The van der Waals surface area contributed by atoms with Gasteiger partial charge < -0.3 is 10.0 Å². The van der Waals surface area contributed by atoms with Gasteiger partial charge in [0.1, 0.15) is 5.70 Å². The third-order valence-corrected chi connectivity index (χ3v) is 5.65. The van der Waals surface area contributed by atoms with Crippen LogP contribution in [0.15, 0.2) is 48.2 Å². The van der Waals surface area contributed by atoms with Gasteiger partial charge in [0, 0.05) is 25.8 Å². The lowest BCUT2D eigenvalue weighted by Crippen LogP contribution is -2.40. The fourth-order valence-electron chi connectivity index (χ4n) is 4.07. The van der Waals surface area contributed by atoms with Crippen LogP contribution in [0.1, 0.15) is 24.0 Å². The number of benzene rings is 2. The van der Waals surface area contributed by atoms with Crippen molar-refractivity contribution in [3.63, 3.8) is 0 Å². The first-order valence-corrected chi connectivity index (χ1v) is 9.91. The minimum absolute atomic E-state index is 0.00132. The summed E-state index contributed by atoms with van der Waals surface area (Å²) in [4.78, 5) is 29.5. The molecule has 2 aromatic rings. The highest BCUT2D eigenvalue weighted by Gasteiger charge is 2.43. The Bertz CT molecular complexity index is 1030. The molecular weight excluding hydrogens is 390 g/mol. The highest BCUT2D eigenvalue weighted by Crippen LogP contribution is 2.36. The van der Waals surface area contributed by atoms with E-state index in [9.17, 15) is 23.5 Å². The number of halogens is 2. The molecule has 1 N–H and O–H groups in total. The van der Waals surface area contributed by atoms with Gasteiger partial charge in [-0.15, -0.1) is 0 Å². The molecule has 4 rings (SSSR count). The summed E-state index contributed by atoms with van der Waals surface area (Å²) < 4.78 is 27.2. The summed E-state index contributed by atoms with van der Waals surface area (Å²) in [5, 5.41) is 9.59. The number of aliphatic hydroxyl groups is 1. The minimum Gasteiger partial charge on any atom is -0.396 e. The van der Waals surface area contributed by atoms with Crippen LogP contribution in [-0.2, 0) is 9.59 Å². The zero-order chi connectivity index (χ0) is 21.4. The van der Waals surface area contributed by atoms with Crippen LogP contribution in [0.3, 0.4) is 0 Å². The summed E-state index contributed by atoms with van der Waals surface area (Å²) in [6.45, 7) is 2.95. The van der Waals surface area contributed by atoms with E-state index in [1.807, 2.05) is 24.0 Å². The van der Waals surface area contributed by atoms with Gasteiger partial charge in [-0.05, 0) is 43.4 Å². The van der Waals surface area contributed by atoms with E-state index in [0.717, 1.165) is 35.4 Å². The lowest BCUT2D eigenvalue weighted by Gasteiger charge is -2.34. The molecule has 0 bridgehead atoms. The van der Waals surface area contributed by atoms with E-state index in [-0.39, 0.29) is 29.5 Å². The lowest BCUT2D eigenvalue weighted by atomic mass is 9.96. The van der Waals surface area contributed by atoms with Gasteiger partial charge in [-0.1, -0.05) is 29.8 Å². The van der Waals surface area contributed by atoms with Crippen LogP contribution in [0.2, 0.25) is 0 Å². The average molecular weight is 412 g/mol. The number of anilines is 1. The van der Waals surface area contributed by atoms with Crippen LogP contribution < -0.4 is 4.90 Å². The predicted octanol–water partition coefficient (Wildman–Crippen LogP) is 3.26. The second-order valence-electron chi connectivity index (χ2n) is 7.77. The van der Waals surface area contributed by atoms with Crippen molar-refractivity contribution >= 4 is 23.1 Å². The molecule has 0 spiro atoms. The summed E-state index contributed by atoms with van der Waals surface area (Å²) in [5.74, 6) is -3.31. The number of piperidine rings is 1. The molecule has 2 amide bonds. The molecule has 2 aromatic carbocycles. The number of hydrogen-bond acceptors (Lipinski definition) is 4. The smallest absolute Gasteiger partial charge is 0.282 e. The summed E-state index contributed by atoms with van der Waals surface area (Å²) in [7, 11) is 0. The normalized spacial score (nSPS) is 19.8. The van der Waals surface area contributed by atoms with Gasteiger partial charge in [-0.3, -0.25) is 9.59 Å². The number of nitrogens with zero attached hydrogens (tertiary/aromatic N) is 2. The Labute approximate surface area is 173 Å². The number of likely N-dealkylation sites (tertiary alicyclic amines) is 1. The molecule has 2 aliphatic rings. The Balaban J connectivity index is 1.81. The number of hydrogen-bond donors (Lipinski definition) is 1. The van der Waals surface area contributed by atoms with E-state index in [1.54, 1.807) is 12.1 Å². The zero-order valence-corrected chi connectivity index (χ0v) is 16.6. The standard InChI is InChI=1S/C23H22F2N2O3/c1-14-4-6-16(7-5-14)20-21(26-10-2-3-15(12-26)13-28)23(30)27(22(20)29)17-8-9-18(24)19(25)11-17/h4-9,11,15,28H,2-3,10,12-13H2,1H3. The molecule has 5 nitrogen and oxygen atoms in total. The van der Waals surface area contributed by atoms with Crippen molar-refractivity contribution in [1.82, 2.24) is 4.90 Å². The maximum Gasteiger partial charge on any atom is 0.282 e. The van der Waals surface area contributed by atoms with Crippen LogP contribution >= 0.6 is 0 Å². The maximum absolute atomic E-state index is 13.8. The van der Waals surface area contributed by atoms with E-state index in [2.05, 4.69) is 0 Å². The molecule has 2 aliphatic heterocycles. The Morgan fingerprint density at radius 1 is 1.03 bits per heavy atom. The van der Waals surface area contributed by atoms with Crippen molar-refractivity contribution in [3.05, 3.63) is 70.9 Å². The van der Waals surface area contributed by atoms with Gasteiger partial charge in [0.05, 0.1) is 11.3 Å². The summed E-state index contributed by atoms with van der Waals surface area (Å²) in [6, 6.07) is 10.2. The second-order valence-corrected chi connectivity index (χ2v) is 7.77. The maximum atomic E-state index is 13.8. The fraction of sp³-hybridized carbons (Fsp3) is 0.304. The average Bonchev–Trinajstić information content (AvgIpc) is 3.01. The van der Waals surface area contributed by atoms with Crippen LogP contribution in [0.25, 0.3) is 5.57 Å². The molecule has 0 saturated carbocycles. The molecule has 0 aromatic heterocycles. The van der Waals surface area contributed by atoms with E-state index >= 15 is 0 Å². The van der Waals surface area contributed by atoms with Crippen LogP contribution in [0.4, 0.5) is 14.5 Å². The van der Waals surface area contributed by atoms with Gasteiger partial charge >= 0.3 is 0 Å². The van der Waals surface area contributed by atoms with E-state index in [0.29, 0.717) is 18.7 Å². The summed E-state index contributed by atoms with van der Waals surface area (Å²) in [5.41, 5.74) is 2.06. The van der Waals surface area contributed by atoms with Crippen molar-refractivity contribution in [1.29, 1.82) is 0 Å². The van der Waals surface area contributed by atoms with Crippen LogP contribution in [0.5, 0.6) is 0 Å². The van der Waals surface area contributed by atoms with E-state index in [4.69, 9.17) is 0 Å². The molecule has 1 saturated heterocycles. The molecule has 1 atom stereocenters. The number of amides is 2. The van der Waals surface area contributed by atoms with Crippen LogP contribution in [0, 0.1) is 24.5 Å². The highest BCUT2D eigenvalue weighted by molar-refractivity contribution is 6.45. The van der Waals surface area contributed by atoms with Crippen LogP contribution in [-0.4, -0.2) is 41.5 Å². The van der Waals surface area contributed by atoms with Crippen molar-refractivity contribution in [2.24, 2.45) is 5.92 Å². The first-order valence-electron chi connectivity index (χ1n) is 9.91. The molecule has 30 heavy (non-hydrogen) atoms. The van der Waals surface area contributed by atoms with Crippen molar-refractivity contribution in [3.8, 4) is 0 Å². The first-order chi connectivity index (χ1) is 14.4. The van der Waals surface area contributed by atoms with Gasteiger partial charge in [0.15, 0.2) is 11.6 Å². The Morgan fingerprint density at radius 3 is 2.43 bits per heavy atom. The van der Waals surface area contributed by atoms with Gasteiger partial charge in [-0.25, -0.2) is 13.7 Å². The predicted molar refractivity (Wildman–Crippen MR) is 108 cm³/mol. The molecule has 1 fully saturated rings. The van der Waals surface area contributed by atoms with Gasteiger partial charge in [0.2, 0.25) is 0 Å². The second kappa shape index (κ2) is 7.99. The molecule has 0 aliphatic carbocycles. The number of carbonyl (C=O) groups excluding carboxylic acids is 2. The third-order valence-electron chi connectivity index (χ3n) is 5.65. The Morgan fingerprint density at radius 2 is 1.77 bits per heavy atom. The molecule has 7 heteroatoms. The Hall–Kier alpha value is -3.06. The molecule has 1 unspecified atom stereocenters. The lowest BCUT2D eigenvalue weighted by molar-refractivity contribution is -0.120. The Kier molecular flexibility index (Phi) is 5.39. The number of carbonyl (C=O) groups is 2. The fourth-order valence-corrected chi connectivity index (χ4v) is 4.07. The topological polar surface area (TPSA) is 60.9 Å². The summed E-state index contributed by atoms with van der Waals surface area (Å²) >= 11 is 0. The molecular formula is C23H22F2N2O3.